The van der Waals surface area contributed by atoms with Crippen LogP contribution in [0.5, 0.6) is 5.75 Å². The second-order valence-electron chi connectivity index (χ2n) is 5.35. The topological polar surface area (TPSA) is 24.5 Å². The summed E-state index contributed by atoms with van der Waals surface area (Å²) in [6.07, 6.45) is 2.70. The Kier molecular flexibility index (Phi) is 3.41. The first-order valence-corrected chi connectivity index (χ1v) is 7.07. The molecule has 0 saturated carbocycles. The first-order chi connectivity index (χ1) is 8.85. The van der Waals surface area contributed by atoms with Gasteiger partial charge in [0.2, 0.25) is 0 Å². The summed E-state index contributed by atoms with van der Waals surface area (Å²) in [5.74, 6) is 1.81. The minimum Gasteiger partial charge on any atom is -0.494 e. The van der Waals surface area contributed by atoms with Gasteiger partial charge in [0.1, 0.15) is 5.75 Å². The predicted octanol–water partition coefficient (Wildman–Crippen LogP) is 2.59. The second-order valence-corrected chi connectivity index (χ2v) is 5.35. The van der Waals surface area contributed by atoms with Gasteiger partial charge in [-0.05, 0) is 50.9 Å². The molecule has 3 heterocycles. The lowest BCUT2D eigenvalue weighted by atomic mass is 9.84. The van der Waals surface area contributed by atoms with Crippen molar-refractivity contribution >= 4 is 5.69 Å². The molecular weight excluding hydrogens is 224 g/mol. The number of nitrogens with one attached hydrogen (secondary N) is 1. The minimum atomic E-state index is 0.615. The van der Waals surface area contributed by atoms with Crippen LogP contribution in [0.15, 0.2) is 24.3 Å². The van der Waals surface area contributed by atoms with E-state index in [0.29, 0.717) is 6.04 Å². The van der Waals surface area contributed by atoms with E-state index in [-0.39, 0.29) is 0 Å². The summed E-state index contributed by atoms with van der Waals surface area (Å²) < 4.78 is 5.55. The molecule has 3 saturated heterocycles. The summed E-state index contributed by atoms with van der Waals surface area (Å²) in [4.78, 5) is 2.57. The molecule has 3 fully saturated rings. The van der Waals surface area contributed by atoms with Crippen LogP contribution in [0.2, 0.25) is 0 Å². The Morgan fingerprint density at radius 1 is 1.33 bits per heavy atom. The van der Waals surface area contributed by atoms with Gasteiger partial charge in [-0.2, -0.15) is 0 Å². The zero-order valence-electron chi connectivity index (χ0n) is 11.1. The number of piperidine rings is 3. The molecule has 0 spiro atoms. The fourth-order valence-corrected chi connectivity index (χ4v) is 3.19. The third kappa shape index (κ3) is 2.46. The van der Waals surface area contributed by atoms with Gasteiger partial charge >= 0.3 is 0 Å². The molecule has 0 radical (unpaired) electrons. The molecule has 3 aliphatic rings. The van der Waals surface area contributed by atoms with E-state index >= 15 is 0 Å². The maximum atomic E-state index is 5.55. The van der Waals surface area contributed by atoms with Crippen molar-refractivity contribution in [2.75, 3.05) is 31.6 Å². The summed E-state index contributed by atoms with van der Waals surface area (Å²) in [6.45, 7) is 6.53. The molecule has 1 atom stereocenters. The average Bonchev–Trinajstić information content (AvgIpc) is 2.41. The van der Waals surface area contributed by atoms with Crippen LogP contribution in [-0.4, -0.2) is 37.2 Å². The quantitative estimate of drug-likeness (QED) is 0.883. The van der Waals surface area contributed by atoms with Gasteiger partial charge < -0.3 is 15.0 Å². The number of hydrogen-bond acceptors (Lipinski definition) is 3. The number of hydrogen-bond donors (Lipinski definition) is 1. The van der Waals surface area contributed by atoms with Gasteiger partial charge in [-0.3, -0.25) is 0 Å². The molecule has 0 aliphatic carbocycles. The van der Waals surface area contributed by atoms with Crippen LogP contribution in [0.25, 0.3) is 0 Å². The largest absolute Gasteiger partial charge is 0.494 e. The molecule has 0 amide bonds. The van der Waals surface area contributed by atoms with Gasteiger partial charge in [0.05, 0.1) is 6.61 Å². The lowest BCUT2D eigenvalue weighted by Crippen LogP contribution is -2.53. The summed E-state index contributed by atoms with van der Waals surface area (Å²) in [5, 5.41) is 3.69. The van der Waals surface area contributed by atoms with Crippen molar-refractivity contribution in [1.29, 1.82) is 0 Å². The monoisotopic (exact) mass is 246 g/mol. The van der Waals surface area contributed by atoms with Crippen molar-refractivity contribution in [3.63, 3.8) is 0 Å². The van der Waals surface area contributed by atoms with Crippen molar-refractivity contribution in [2.45, 2.75) is 25.8 Å². The van der Waals surface area contributed by atoms with Crippen LogP contribution in [0.3, 0.4) is 0 Å². The summed E-state index contributed by atoms with van der Waals surface area (Å²) in [6, 6.07) is 8.95. The van der Waals surface area contributed by atoms with Crippen LogP contribution < -0.4 is 10.1 Å². The molecule has 1 aromatic carbocycles. The Balaban J connectivity index is 1.67. The number of nitrogens with zero attached hydrogens (tertiary/aromatic N) is 1. The van der Waals surface area contributed by atoms with Gasteiger partial charge in [0, 0.05) is 24.3 Å². The lowest BCUT2D eigenvalue weighted by Gasteiger charge is -2.45. The molecule has 4 rings (SSSR count). The van der Waals surface area contributed by atoms with Crippen LogP contribution in [0.4, 0.5) is 5.69 Å². The van der Waals surface area contributed by atoms with Crippen LogP contribution >= 0.6 is 0 Å². The minimum absolute atomic E-state index is 0.615. The van der Waals surface area contributed by atoms with Gasteiger partial charge in [-0.1, -0.05) is 6.07 Å². The van der Waals surface area contributed by atoms with Gasteiger partial charge in [-0.25, -0.2) is 0 Å². The van der Waals surface area contributed by atoms with Crippen molar-refractivity contribution in [2.24, 2.45) is 5.92 Å². The van der Waals surface area contributed by atoms with E-state index in [2.05, 4.69) is 28.4 Å². The maximum Gasteiger partial charge on any atom is 0.121 e. The van der Waals surface area contributed by atoms with E-state index in [4.69, 9.17) is 4.74 Å². The van der Waals surface area contributed by atoms with E-state index in [0.717, 1.165) is 18.3 Å². The molecule has 0 aromatic heterocycles. The first-order valence-electron chi connectivity index (χ1n) is 7.07. The zero-order valence-corrected chi connectivity index (χ0v) is 11.1. The number of benzene rings is 1. The number of fused-ring (bicyclic) bond motifs is 3. The Labute approximate surface area is 109 Å². The molecule has 3 aliphatic heterocycles. The average molecular weight is 246 g/mol. The van der Waals surface area contributed by atoms with Gasteiger partial charge in [0.25, 0.3) is 0 Å². The highest BCUT2D eigenvalue weighted by Crippen LogP contribution is 2.30. The molecular formula is C15H22N2O. The number of anilines is 1. The predicted molar refractivity (Wildman–Crippen MR) is 74.2 cm³/mol. The highest BCUT2D eigenvalue weighted by molar-refractivity contribution is 5.49. The Hall–Kier alpha value is -1.22. The Bertz CT molecular complexity index is 399. The first kappa shape index (κ1) is 11.8. The van der Waals surface area contributed by atoms with Crippen molar-refractivity contribution in [3.8, 4) is 5.75 Å². The zero-order chi connectivity index (χ0) is 12.4. The second kappa shape index (κ2) is 5.19. The highest BCUT2D eigenvalue weighted by Gasteiger charge is 2.33. The highest BCUT2D eigenvalue weighted by atomic mass is 16.5. The standard InChI is InChI=1S/C15H22N2O/c1-2-18-14-5-3-4-13(10-14)16-15-11-17-8-6-12(15)7-9-17/h3-5,10,12,15-16H,2,6-9,11H2,1H3. The fraction of sp³-hybridized carbons (Fsp3) is 0.600. The van der Waals surface area contributed by atoms with Gasteiger partial charge in [0.15, 0.2) is 0 Å². The van der Waals surface area contributed by atoms with E-state index < -0.39 is 0 Å². The molecule has 98 valence electrons. The molecule has 3 nitrogen and oxygen atoms in total. The number of rotatable bonds is 4. The summed E-state index contributed by atoms with van der Waals surface area (Å²) >= 11 is 0. The molecule has 1 unspecified atom stereocenters. The Morgan fingerprint density at radius 2 is 2.17 bits per heavy atom. The smallest absolute Gasteiger partial charge is 0.121 e. The number of ether oxygens (including phenoxy) is 1. The summed E-state index contributed by atoms with van der Waals surface area (Å²) in [7, 11) is 0. The molecule has 2 bridgehead atoms. The van der Waals surface area contributed by atoms with Crippen LogP contribution in [-0.2, 0) is 0 Å². The third-order valence-corrected chi connectivity index (χ3v) is 4.15. The normalized spacial score (nSPS) is 30.2. The fourth-order valence-electron chi connectivity index (χ4n) is 3.19. The van der Waals surface area contributed by atoms with E-state index in [1.54, 1.807) is 0 Å². The molecule has 3 heteroatoms. The third-order valence-electron chi connectivity index (χ3n) is 4.15. The maximum absolute atomic E-state index is 5.55. The van der Waals surface area contributed by atoms with Crippen LogP contribution in [0.1, 0.15) is 19.8 Å². The van der Waals surface area contributed by atoms with Crippen molar-refractivity contribution < 1.29 is 4.74 Å². The van der Waals surface area contributed by atoms with Crippen molar-refractivity contribution in [3.05, 3.63) is 24.3 Å². The van der Waals surface area contributed by atoms with Gasteiger partial charge in [-0.15, -0.1) is 0 Å². The van der Waals surface area contributed by atoms with E-state index in [1.165, 1.54) is 38.2 Å². The SMILES string of the molecule is CCOc1cccc(NC2CN3CCC2CC3)c1. The molecule has 18 heavy (non-hydrogen) atoms. The van der Waals surface area contributed by atoms with E-state index in [1.807, 2.05) is 13.0 Å². The van der Waals surface area contributed by atoms with E-state index in [9.17, 15) is 0 Å². The summed E-state index contributed by atoms with van der Waals surface area (Å²) in [5.41, 5.74) is 1.19. The molecule has 1 aromatic rings. The molecule has 1 N–H and O–H groups in total. The lowest BCUT2D eigenvalue weighted by molar-refractivity contribution is 0.0975. The van der Waals surface area contributed by atoms with Crippen LogP contribution in [0, 0.1) is 5.92 Å². The van der Waals surface area contributed by atoms with Crippen molar-refractivity contribution in [1.82, 2.24) is 4.90 Å². The Morgan fingerprint density at radius 3 is 2.83 bits per heavy atom.